The lowest BCUT2D eigenvalue weighted by Gasteiger charge is -2.32. The lowest BCUT2D eigenvalue weighted by atomic mass is 9.96. The first-order valence-corrected chi connectivity index (χ1v) is 5.60. The van der Waals surface area contributed by atoms with E-state index in [1.54, 1.807) is 6.07 Å². The molecule has 18 heavy (non-hydrogen) atoms. The van der Waals surface area contributed by atoms with Crippen LogP contribution in [0.4, 0.5) is 15.8 Å². The fourth-order valence-corrected chi connectivity index (χ4v) is 2.18. The number of halogens is 2. The highest BCUT2D eigenvalue weighted by atomic mass is 35.5. The van der Waals surface area contributed by atoms with E-state index < -0.39 is 5.97 Å². The summed E-state index contributed by atoms with van der Waals surface area (Å²) < 4.78 is 12.9. The Bertz CT molecular complexity index is 434. The van der Waals surface area contributed by atoms with Gasteiger partial charge in [0.25, 0.3) is 0 Å². The first-order chi connectivity index (χ1) is 8.08. The molecule has 1 aromatic rings. The maximum Gasteiger partial charge on any atom is 0.306 e. The molecule has 1 fully saturated rings. The third-order valence-corrected chi connectivity index (χ3v) is 3.17. The van der Waals surface area contributed by atoms with Crippen LogP contribution in [0.1, 0.15) is 12.8 Å². The third-order valence-electron chi connectivity index (χ3n) is 3.17. The van der Waals surface area contributed by atoms with Crippen molar-refractivity contribution in [2.75, 3.05) is 23.7 Å². The van der Waals surface area contributed by atoms with Gasteiger partial charge in [-0.1, -0.05) is 0 Å². The zero-order valence-corrected chi connectivity index (χ0v) is 10.6. The number of carboxylic acid groups (broad SMARTS) is 1. The number of piperidine rings is 1. The highest BCUT2D eigenvalue weighted by Gasteiger charge is 2.25. The molecule has 0 unspecified atom stereocenters. The zero-order chi connectivity index (χ0) is 12.4. The van der Waals surface area contributed by atoms with E-state index >= 15 is 0 Å². The predicted octanol–water partition coefficient (Wildman–Crippen LogP) is 2.13. The summed E-state index contributed by atoms with van der Waals surface area (Å²) in [7, 11) is 0. The number of hydrogen-bond donors (Lipinski definition) is 2. The van der Waals surface area contributed by atoms with Crippen LogP contribution in [0.3, 0.4) is 0 Å². The van der Waals surface area contributed by atoms with Gasteiger partial charge in [0.1, 0.15) is 5.82 Å². The number of carboxylic acids is 1. The molecule has 0 aromatic heterocycles. The summed E-state index contributed by atoms with van der Waals surface area (Å²) in [5.41, 5.74) is 6.94. The Morgan fingerprint density at radius 3 is 2.50 bits per heavy atom. The van der Waals surface area contributed by atoms with Gasteiger partial charge in [-0.25, -0.2) is 4.39 Å². The summed E-state index contributed by atoms with van der Waals surface area (Å²) in [6.07, 6.45) is 1.21. The summed E-state index contributed by atoms with van der Waals surface area (Å²) >= 11 is 0. The number of nitrogens with two attached hydrogens (primary N) is 1. The Hall–Kier alpha value is -1.49. The molecule has 0 radical (unpaired) electrons. The summed E-state index contributed by atoms with van der Waals surface area (Å²) in [6, 6.07) is 4.30. The van der Waals surface area contributed by atoms with Crippen molar-refractivity contribution >= 4 is 29.8 Å². The molecule has 0 bridgehead atoms. The molecule has 0 aliphatic carbocycles. The minimum atomic E-state index is -0.739. The Morgan fingerprint density at radius 2 is 2.00 bits per heavy atom. The number of nitrogen functional groups attached to an aromatic ring is 1. The van der Waals surface area contributed by atoms with Gasteiger partial charge in [-0.05, 0) is 31.0 Å². The molecule has 1 aliphatic rings. The molecular formula is C12H16ClFN2O2. The van der Waals surface area contributed by atoms with E-state index in [9.17, 15) is 9.18 Å². The van der Waals surface area contributed by atoms with Crippen molar-refractivity contribution in [3.63, 3.8) is 0 Å². The first kappa shape index (κ1) is 14.6. The molecule has 3 N–H and O–H groups in total. The van der Waals surface area contributed by atoms with Crippen molar-refractivity contribution < 1.29 is 14.3 Å². The maximum absolute atomic E-state index is 12.9. The highest BCUT2D eigenvalue weighted by molar-refractivity contribution is 5.85. The number of nitrogens with zero attached hydrogens (tertiary/aromatic N) is 1. The van der Waals surface area contributed by atoms with E-state index in [-0.39, 0.29) is 24.1 Å². The molecule has 1 saturated heterocycles. The highest BCUT2D eigenvalue weighted by Crippen LogP contribution is 2.28. The molecule has 1 aromatic carbocycles. The van der Waals surface area contributed by atoms with Gasteiger partial charge in [-0.2, -0.15) is 0 Å². The topological polar surface area (TPSA) is 66.6 Å². The van der Waals surface area contributed by atoms with Crippen molar-refractivity contribution in [2.45, 2.75) is 12.8 Å². The molecule has 0 amide bonds. The minimum absolute atomic E-state index is 0. The number of rotatable bonds is 2. The van der Waals surface area contributed by atoms with Gasteiger partial charge in [0.2, 0.25) is 0 Å². The second-order valence-electron chi connectivity index (χ2n) is 4.30. The number of carbonyl (C=O) groups is 1. The monoisotopic (exact) mass is 274 g/mol. The number of hydrogen-bond acceptors (Lipinski definition) is 3. The van der Waals surface area contributed by atoms with Crippen LogP contribution in [-0.2, 0) is 4.79 Å². The number of benzene rings is 1. The summed E-state index contributed by atoms with van der Waals surface area (Å²) in [5.74, 6) is -1.36. The van der Waals surface area contributed by atoms with Crippen LogP contribution < -0.4 is 10.6 Å². The average molecular weight is 275 g/mol. The van der Waals surface area contributed by atoms with Crippen LogP contribution in [0.15, 0.2) is 18.2 Å². The predicted molar refractivity (Wildman–Crippen MR) is 70.6 cm³/mol. The van der Waals surface area contributed by atoms with Crippen LogP contribution in [0.25, 0.3) is 0 Å². The zero-order valence-electron chi connectivity index (χ0n) is 9.80. The summed E-state index contributed by atoms with van der Waals surface area (Å²) in [5, 5.41) is 8.89. The van der Waals surface area contributed by atoms with Crippen LogP contribution in [0, 0.1) is 11.7 Å². The van der Waals surface area contributed by atoms with E-state index in [0.717, 1.165) is 5.69 Å². The standard InChI is InChI=1S/C12H15FN2O2.ClH/c13-9-1-2-11(10(14)7-9)15-5-3-8(4-6-15)12(16)17;/h1-2,7-8H,3-6,14H2,(H,16,17);1H. The minimum Gasteiger partial charge on any atom is -0.481 e. The first-order valence-electron chi connectivity index (χ1n) is 5.60. The van der Waals surface area contributed by atoms with Gasteiger partial charge in [-0.15, -0.1) is 12.4 Å². The van der Waals surface area contributed by atoms with E-state index in [0.29, 0.717) is 31.6 Å². The van der Waals surface area contributed by atoms with Gasteiger partial charge < -0.3 is 15.7 Å². The molecule has 1 aliphatic heterocycles. The molecule has 0 saturated carbocycles. The molecule has 1 heterocycles. The van der Waals surface area contributed by atoms with Crippen LogP contribution in [-0.4, -0.2) is 24.2 Å². The number of anilines is 2. The Kier molecular flexibility index (Phi) is 4.78. The third kappa shape index (κ3) is 3.04. The summed E-state index contributed by atoms with van der Waals surface area (Å²) in [6.45, 7) is 1.29. The van der Waals surface area contributed by atoms with E-state index in [1.165, 1.54) is 12.1 Å². The molecule has 4 nitrogen and oxygen atoms in total. The number of aliphatic carboxylic acids is 1. The van der Waals surface area contributed by atoms with Crippen molar-refractivity contribution in [3.8, 4) is 0 Å². The van der Waals surface area contributed by atoms with E-state index in [2.05, 4.69) is 0 Å². The normalized spacial score (nSPS) is 16.2. The Balaban J connectivity index is 0.00000162. The average Bonchev–Trinajstić information content (AvgIpc) is 2.29. The van der Waals surface area contributed by atoms with Crippen LogP contribution >= 0.6 is 12.4 Å². The second-order valence-corrected chi connectivity index (χ2v) is 4.30. The van der Waals surface area contributed by atoms with Crippen LogP contribution in [0.5, 0.6) is 0 Å². The fraction of sp³-hybridized carbons (Fsp3) is 0.417. The molecule has 0 atom stereocenters. The van der Waals surface area contributed by atoms with Crippen molar-refractivity contribution in [3.05, 3.63) is 24.0 Å². The Morgan fingerprint density at radius 1 is 1.39 bits per heavy atom. The Labute approximate surface area is 111 Å². The molecule has 100 valence electrons. The van der Waals surface area contributed by atoms with Gasteiger partial charge in [-0.3, -0.25) is 4.79 Å². The second kappa shape index (κ2) is 5.91. The van der Waals surface area contributed by atoms with Gasteiger partial charge in [0.05, 0.1) is 17.3 Å². The largest absolute Gasteiger partial charge is 0.481 e. The summed E-state index contributed by atoms with van der Waals surface area (Å²) in [4.78, 5) is 12.8. The van der Waals surface area contributed by atoms with Gasteiger partial charge >= 0.3 is 5.97 Å². The fourth-order valence-electron chi connectivity index (χ4n) is 2.18. The molecule has 0 spiro atoms. The van der Waals surface area contributed by atoms with E-state index in [1.807, 2.05) is 4.90 Å². The van der Waals surface area contributed by atoms with E-state index in [4.69, 9.17) is 10.8 Å². The van der Waals surface area contributed by atoms with Crippen molar-refractivity contribution in [2.24, 2.45) is 5.92 Å². The van der Waals surface area contributed by atoms with Gasteiger partial charge in [0.15, 0.2) is 0 Å². The lowest BCUT2D eigenvalue weighted by molar-refractivity contribution is -0.142. The van der Waals surface area contributed by atoms with Crippen molar-refractivity contribution in [1.29, 1.82) is 0 Å². The van der Waals surface area contributed by atoms with Crippen molar-refractivity contribution in [1.82, 2.24) is 0 Å². The molecule has 6 heteroatoms. The van der Waals surface area contributed by atoms with Crippen LogP contribution in [0.2, 0.25) is 0 Å². The van der Waals surface area contributed by atoms with Gasteiger partial charge in [0, 0.05) is 13.1 Å². The quantitative estimate of drug-likeness (QED) is 0.811. The lowest BCUT2D eigenvalue weighted by Crippen LogP contribution is -2.36. The smallest absolute Gasteiger partial charge is 0.306 e. The SMILES string of the molecule is Cl.Nc1cc(F)ccc1N1CCC(C(=O)O)CC1. The molecular weight excluding hydrogens is 259 g/mol. The maximum atomic E-state index is 12.9. The molecule has 2 rings (SSSR count).